The number of hydrogen-bond acceptors (Lipinski definition) is 4. The van der Waals surface area contributed by atoms with Crippen LogP contribution in [0.5, 0.6) is 0 Å². The molecular weight excluding hydrogens is 378 g/mol. The van der Waals surface area contributed by atoms with Crippen LogP contribution in [0.1, 0.15) is 50.4 Å². The number of rotatable bonds is 8. The van der Waals surface area contributed by atoms with E-state index in [9.17, 15) is 4.79 Å². The summed E-state index contributed by atoms with van der Waals surface area (Å²) in [7, 11) is 0. The van der Waals surface area contributed by atoms with Gasteiger partial charge in [0.05, 0.1) is 6.54 Å². The third-order valence-corrected chi connectivity index (χ3v) is 5.21. The van der Waals surface area contributed by atoms with E-state index >= 15 is 0 Å². The van der Waals surface area contributed by atoms with Crippen LogP contribution in [-0.4, -0.2) is 57.5 Å². The Kier molecular flexibility index (Phi) is 8.23. The lowest BCUT2D eigenvalue weighted by molar-refractivity contribution is -0.130. The number of nitrogens with one attached hydrogen (secondary N) is 2. The number of aliphatic imine (C=N–C) groups is 1. The summed E-state index contributed by atoms with van der Waals surface area (Å²) in [6.07, 6.45) is 10.5. The van der Waals surface area contributed by atoms with Crippen molar-refractivity contribution in [2.45, 2.75) is 52.5 Å². The third kappa shape index (κ3) is 6.30. The van der Waals surface area contributed by atoms with Crippen LogP contribution in [0.25, 0.3) is 5.82 Å². The van der Waals surface area contributed by atoms with Gasteiger partial charge in [0.2, 0.25) is 5.91 Å². The van der Waals surface area contributed by atoms with Gasteiger partial charge in [0.15, 0.2) is 5.96 Å². The molecule has 1 aliphatic rings. The van der Waals surface area contributed by atoms with Crippen LogP contribution in [0, 0.1) is 6.92 Å². The highest BCUT2D eigenvalue weighted by Gasteiger charge is 2.15. The number of pyridine rings is 1. The number of amides is 1. The Bertz CT molecular complexity index is 828. The summed E-state index contributed by atoms with van der Waals surface area (Å²) < 4.78 is 1.95. The van der Waals surface area contributed by atoms with Crippen molar-refractivity contribution in [3.05, 3.63) is 42.1 Å². The second-order valence-electron chi connectivity index (χ2n) is 7.54. The minimum atomic E-state index is 0.301. The fourth-order valence-electron chi connectivity index (χ4n) is 3.54. The molecular formula is C22H33N7O. The number of likely N-dealkylation sites (tertiary alicyclic amines) is 1. The number of carbonyl (C=O) groups is 1. The van der Waals surface area contributed by atoms with Gasteiger partial charge in [0.25, 0.3) is 0 Å². The standard InChI is InChI=1S/C22H33N7O/c1-3-23-22(25-11-7-14-28-13-6-4-5-8-21(28)30)27-17-19-9-10-20(26-16-19)29-15-12-24-18(29)2/h9-10,12,15-16H,3-8,11,13-14,17H2,1-2H3,(H2,23,25,27). The molecule has 0 saturated carbocycles. The fourth-order valence-corrected chi connectivity index (χ4v) is 3.54. The van der Waals surface area contributed by atoms with Gasteiger partial charge in [-0.3, -0.25) is 9.36 Å². The Hall–Kier alpha value is -2.90. The second-order valence-corrected chi connectivity index (χ2v) is 7.54. The molecule has 3 heterocycles. The first-order valence-corrected chi connectivity index (χ1v) is 10.9. The van der Waals surface area contributed by atoms with Crippen molar-refractivity contribution < 1.29 is 4.79 Å². The highest BCUT2D eigenvalue weighted by Crippen LogP contribution is 2.11. The normalized spacial score (nSPS) is 15.2. The zero-order valence-electron chi connectivity index (χ0n) is 18.1. The van der Waals surface area contributed by atoms with Crippen molar-refractivity contribution in [3.63, 3.8) is 0 Å². The van der Waals surface area contributed by atoms with E-state index in [0.29, 0.717) is 18.9 Å². The molecule has 162 valence electrons. The summed E-state index contributed by atoms with van der Waals surface area (Å²) in [5, 5.41) is 6.65. The van der Waals surface area contributed by atoms with Crippen LogP contribution >= 0.6 is 0 Å². The van der Waals surface area contributed by atoms with Gasteiger partial charge < -0.3 is 15.5 Å². The molecule has 1 aliphatic heterocycles. The molecule has 1 saturated heterocycles. The number of imidazole rings is 1. The molecule has 0 unspecified atom stereocenters. The number of carbonyl (C=O) groups excluding carboxylic acids is 1. The molecule has 0 aliphatic carbocycles. The maximum absolute atomic E-state index is 12.1. The van der Waals surface area contributed by atoms with Gasteiger partial charge in [-0.1, -0.05) is 12.5 Å². The minimum Gasteiger partial charge on any atom is -0.357 e. The molecule has 0 aromatic carbocycles. The predicted molar refractivity (Wildman–Crippen MR) is 119 cm³/mol. The summed E-state index contributed by atoms with van der Waals surface area (Å²) in [5.74, 6) is 2.85. The Morgan fingerprint density at radius 2 is 2.10 bits per heavy atom. The molecule has 3 rings (SSSR count). The maximum atomic E-state index is 12.1. The summed E-state index contributed by atoms with van der Waals surface area (Å²) in [4.78, 5) is 27.5. The summed E-state index contributed by atoms with van der Waals surface area (Å²) >= 11 is 0. The van der Waals surface area contributed by atoms with Gasteiger partial charge in [0, 0.05) is 51.2 Å². The van der Waals surface area contributed by atoms with E-state index in [4.69, 9.17) is 0 Å². The average molecular weight is 412 g/mol. The summed E-state index contributed by atoms with van der Waals surface area (Å²) in [6.45, 7) is 7.85. The van der Waals surface area contributed by atoms with Crippen LogP contribution in [0.15, 0.2) is 35.7 Å². The van der Waals surface area contributed by atoms with E-state index in [1.165, 1.54) is 0 Å². The van der Waals surface area contributed by atoms with Gasteiger partial charge in [-0.2, -0.15) is 0 Å². The molecule has 1 amide bonds. The predicted octanol–water partition coefficient (Wildman–Crippen LogP) is 2.42. The highest BCUT2D eigenvalue weighted by molar-refractivity contribution is 5.79. The van der Waals surface area contributed by atoms with Crippen molar-refractivity contribution in [3.8, 4) is 5.82 Å². The fraction of sp³-hybridized carbons (Fsp3) is 0.545. The number of aryl methyl sites for hydroxylation is 1. The second kappa shape index (κ2) is 11.3. The lowest BCUT2D eigenvalue weighted by Gasteiger charge is -2.20. The summed E-state index contributed by atoms with van der Waals surface area (Å²) in [6, 6.07) is 4.03. The Morgan fingerprint density at radius 3 is 2.83 bits per heavy atom. The molecule has 0 atom stereocenters. The van der Waals surface area contributed by atoms with E-state index < -0.39 is 0 Å². The largest absolute Gasteiger partial charge is 0.357 e. The zero-order chi connectivity index (χ0) is 21.2. The molecule has 0 radical (unpaired) electrons. The van der Waals surface area contributed by atoms with Crippen molar-refractivity contribution >= 4 is 11.9 Å². The van der Waals surface area contributed by atoms with E-state index in [2.05, 4.69) is 32.5 Å². The first-order chi connectivity index (χ1) is 14.7. The van der Waals surface area contributed by atoms with Gasteiger partial charge in [-0.15, -0.1) is 0 Å². The van der Waals surface area contributed by atoms with Gasteiger partial charge in [-0.25, -0.2) is 15.0 Å². The Labute approximate surface area is 178 Å². The van der Waals surface area contributed by atoms with Crippen LogP contribution in [0.4, 0.5) is 0 Å². The summed E-state index contributed by atoms with van der Waals surface area (Å²) in [5.41, 5.74) is 1.05. The van der Waals surface area contributed by atoms with Gasteiger partial charge >= 0.3 is 0 Å². The van der Waals surface area contributed by atoms with Crippen molar-refractivity contribution in [1.82, 2.24) is 30.1 Å². The molecule has 8 nitrogen and oxygen atoms in total. The number of hydrogen-bond donors (Lipinski definition) is 2. The molecule has 0 spiro atoms. The van der Waals surface area contributed by atoms with Crippen LogP contribution in [-0.2, 0) is 11.3 Å². The minimum absolute atomic E-state index is 0.301. The number of guanidine groups is 1. The first kappa shape index (κ1) is 21.8. The number of nitrogens with zero attached hydrogens (tertiary/aromatic N) is 5. The van der Waals surface area contributed by atoms with Crippen molar-refractivity contribution in [1.29, 1.82) is 0 Å². The molecule has 0 bridgehead atoms. The molecule has 2 N–H and O–H groups in total. The van der Waals surface area contributed by atoms with E-state index in [1.807, 2.05) is 40.9 Å². The SMILES string of the molecule is CCNC(=NCc1ccc(-n2ccnc2C)nc1)NCCCN1CCCCCC1=O. The van der Waals surface area contributed by atoms with Crippen LogP contribution in [0.3, 0.4) is 0 Å². The van der Waals surface area contributed by atoms with Crippen molar-refractivity contribution in [2.75, 3.05) is 26.2 Å². The Morgan fingerprint density at radius 1 is 1.20 bits per heavy atom. The number of aromatic nitrogens is 3. The van der Waals surface area contributed by atoms with Crippen LogP contribution in [0.2, 0.25) is 0 Å². The first-order valence-electron chi connectivity index (χ1n) is 10.9. The van der Waals surface area contributed by atoms with E-state index in [0.717, 1.165) is 75.0 Å². The van der Waals surface area contributed by atoms with E-state index in [-0.39, 0.29) is 0 Å². The molecule has 1 fully saturated rings. The van der Waals surface area contributed by atoms with Crippen molar-refractivity contribution in [2.24, 2.45) is 4.99 Å². The van der Waals surface area contributed by atoms with Gasteiger partial charge in [0.1, 0.15) is 11.6 Å². The van der Waals surface area contributed by atoms with Crippen LogP contribution < -0.4 is 10.6 Å². The lowest BCUT2D eigenvalue weighted by Crippen LogP contribution is -2.39. The lowest BCUT2D eigenvalue weighted by atomic mass is 10.2. The zero-order valence-corrected chi connectivity index (χ0v) is 18.1. The maximum Gasteiger partial charge on any atom is 0.222 e. The smallest absolute Gasteiger partial charge is 0.222 e. The Balaban J connectivity index is 1.48. The average Bonchev–Trinajstić information content (AvgIpc) is 3.08. The monoisotopic (exact) mass is 411 g/mol. The van der Waals surface area contributed by atoms with Gasteiger partial charge in [-0.05, 0) is 44.7 Å². The molecule has 30 heavy (non-hydrogen) atoms. The molecule has 8 heteroatoms. The third-order valence-electron chi connectivity index (χ3n) is 5.21. The van der Waals surface area contributed by atoms with E-state index in [1.54, 1.807) is 6.20 Å². The highest BCUT2D eigenvalue weighted by atomic mass is 16.2. The molecule has 2 aromatic rings. The topological polar surface area (TPSA) is 87.4 Å². The quantitative estimate of drug-likeness (QED) is 0.396. The molecule has 2 aromatic heterocycles.